The van der Waals surface area contributed by atoms with Crippen LogP contribution in [0.4, 0.5) is 0 Å². The third-order valence-corrected chi connectivity index (χ3v) is 4.53. The zero-order valence-corrected chi connectivity index (χ0v) is 15.5. The molecule has 28 heavy (non-hydrogen) atoms. The highest BCUT2D eigenvalue weighted by Gasteiger charge is 2.38. The molecule has 0 spiro atoms. The van der Waals surface area contributed by atoms with Crippen molar-refractivity contribution in [2.75, 3.05) is 0 Å². The van der Waals surface area contributed by atoms with E-state index < -0.39 is 18.1 Å². The van der Waals surface area contributed by atoms with Gasteiger partial charge in [-0.05, 0) is 35.4 Å². The number of hydrogen-bond donors (Lipinski definition) is 1. The SMILES string of the molecule is O=C(NN=Cc1ccc(Cl)cc1)C1Oc2ccccc2OC1c1ccccc1. The average molecular weight is 393 g/mol. The highest BCUT2D eigenvalue weighted by Crippen LogP contribution is 2.39. The van der Waals surface area contributed by atoms with E-state index in [0.717, 1.165) is 11.1 Å². The van der Waals surface area contributed by atoms with Gasteiger partial charge in [-0.1, -0.05) is 66.2 Å². The molecule has 3 aromatic rings. The highest BCUT2D eigenvalue weighted by molar-refractivity contribution is 6.30. The molecule has 0 bridgehead atoms. The van der Waals surface area contributed by atoms with E-state index in [1.807, 2.05) is 48.5 Å². The number of fused-ring (bicyclic) bond motifs is 1. The zero-order valence-electron chi connectivity index (χ0n) is 14.8. The molecule has 0 radical (unpaired) electrons. The summed E-state index contributed by atoms with van der Waals surface area (Å²) in [4.78, 5) is 12.8. The summed E-state index contributed by atoms with van der Waals surface area (Å²) >= 11 is 5.87. The molecule has 2 atom stereocenters. The minimum atomic E-state index is -0.875. The van der Waals surface area contributed by atoms with Gasteiger partial charge in [-0.2, -0.15) is 5.10 Å². The minimum absolute atomic E-state index is 0.395. The van der Waals surface area contributed by atoms with Gasteiger partial charge < -0.3 is 9.47 Å². The number of ether oxygens (including phenoxy) is 2. The van der Waals surface area contributed by atoms with Crippen LogP contribution in [0.1, 0.15) is 17.2 Å². The largest absolute Gasteiger partial charge is 0.477 e. The van der Waals surface area contributed by atoms with Crippen molar-refractivity contribution in [1.82, 2.24) is 5.43 Å². The molecule has 1 amide bonds. The normalized spacial score (nSPS) is 18.0. The van der Waals surface area contributed by atoms with Crippen LogP contribution in [0.25, 0.3) is 0 Å². The smallest absolute Gasteiger partial charge is 0.285 e. The summed E-state index contributed by atoms with van der Waals surface area (Å²) in [6.07, 6.45) is 0.0881. The Bertz CT molecular complexity index is 990. The fourth-order valence-electron chi connectivity index (χ4n) is 2.90. The Hall–Kier alpha value is -3.31. The Labute approximate surface area is 167 Å². The first kappa shape index (κ1) is 18.1. The molecule has 0 saturated heterocycles. The second-order valence-electron chi connectivity index (χ2n) is 6.22. The summed E-state index contributed by atoms with van der Waals surface area (Å²) in [7, 11) is 0. The first-order valence-corrected chi connectivity index (χ1v) is 9.14. The van der Waals surface area contributed by atoms with Crippen molar-refractivity contribution < 1.29 is 14.3 Å². The lowest BCUT2D eigenvalue weighted by molar-refractivity contribution is -0.134. The van der Waals surface area contributed by atoms with Crippen molar-refractivity contribution in [3.8, 4) is 11.5 Å². The van der Waals surface area contributed by atoms with Crippen molar-refractivity contribution in [2.45, 2.75) is 12.2 Å². The summed E-state index contributed by atoms with van der Waals surface area (Å²) in [5.41, 5.74) is 4.20. The number of carbonyl (C=O) groups is 1. The maximum Gasteiger partial charge on any atom is 0.285 e. The van der Waals surface area contributed by atoms with Crippen molar-refractivity contribution in [1.29, 1.82) is 0 Å². The van der Waals surface area contributed by atoms with Gasteiger partial charge in [0.1, 0.15) is 0 Å². The molecule has 0 saturated carbocycles. The molecule has 2 unspecified atom stereocenters. The van der Waals surface area contributed by atoms with Gasteiger partial charge >= 0.3 is 0 Å². The molecule has 0 aliphatic carbocycles. The van der Waals surface area contributed by atoms with Crippen LogP contribution in [0.15, 0.2) is 84.0 Å². The summed E-state index contributed by atoms with van der Waals surface area (Å²) in [6.45, 7) is 0. The predicted molar refractivity (Wildman–Crippen MR) is 108 cm³/mol. The van der Waals surface area contributed by atoms with Crippen LogP contribution in [0.3, 0.4) is 0 Å². The van der Waals surface area contributed by atoms with Gasteiger partial charge in [-0.15, -0.1) is 0 Å². The average Bonchev–Trinajstić information content (AvgIpc) is 2.75. The van der Waals surface area contributed by atoms with Crippen LogP contribution in [0.2, 0.25) is 5.02 Å². The van der Waals surface area contributed by atoms with Crippen LogP contribution >= 0.6 is 11.6 Å². The molecule has 1 aliphatic rings. The van der Waals surface area contributed by atoms with Gasteiger partial charge in [0.25, 0.3) is 5.91 Å². The number of rotatable bonds is 4. The van der Waals surface area contributed by atoms with Gasteiger partial charge in [0, 0.05) is 5.02 Å². The molecule has 6 heteroatoms. The Morgan fingerprint density at radius 2 is 1.54 bits per heavy atom. The molecule has 3 aromatic carbocycles. The number of para-hydroxylation sites is 2. The van der Waals surface area contributed by atoms with Crippen LogP contribution in [0, 0.1) is 0 Å². The van der Waals surface area contributed by atoms with E-state index in [-0.39, 0.29) is 0 Å². The van der Waals surface area contributed by atoms with Crippen molar-refractivity contribution in [3.63, 3.8) is 0 Å². The van der Waals surface area contributed by atoms with E-state index in [0.29, 0.717) is 16.5 Å². The number of nitrogens with zero attached hydrogens (tertiary/aromatic N) is 1. The van der Waals surface area contributed by atoms with E-state index in [1.54, 1.807) is 36.5 Å². The maximum atomic E-state index is 12.8. The number of halogens is 1. The van der Waals surface area contributed by atoms with Crippen molar-refractivity contribution in [3.05, 3.63) is 95.0 Å². The minimum Gasteiger partial charge on any atom is -0.477 e. The second kappa shape index (κ2) is 8.15. The molecule has 5 nitrogen and oxygen atoms in total. The van der Waals surface area contributed by atoms with E-state index in [1.165, 1.54) is 0 Å². The fourth-order valence-corrected chi connectivity index (χ4v) is 3.03. The maximum absolute atomic E-state index is 12.8. The Balaban J connectivity index is 1.54. The third-order valence-electron chi connectivity index (χ3n) is 4.28. The number of amides is 1. The molecule has 0 aromatic heterocycles. The van der Waals surface area contributed by atoms with E-state index in [2.05, 4.69) is 10.5 Å². The van der Waals surface area contributed by atoms with Crippen LogP contribution < -0.4 is 14.9 Å². The number of hydrogen-bond acceptors (Lipinski definition) is 4. The van der Waals surface area contributed by atoms with Crippen LogP contribution in [0.5, 0.6) is 11.5 Å². The molecule has 1 N–H and O–H groups in total. The Morgan fingerprint density at radius 3 is 2.25 bits per heavy atom. The monoisotopic (exact) mass is 392 g/mol. The van der Waals surface area contributed by atoms with Crippen LogP contribution in [-0.2, 0) is 4.79 Å². The number of nitrogens with one attached hydrogen (secondary N) is 1. The lowest BCUT2D eigenvalue weighted by Crippen LogP contribution is -2.44. The van der Waals surface area contributed by atoms with Gasteiger partial charge in [-0.3, -0.25) is 4.79 Å². The summed E-state index contributed by atoms with van der Waals surface area (Å²) < 4.78 is 12.0. The Kier molecular flexibility index (Phi) is 5.26. The molecule has 4 rings (SSSR count). The molecule has 1 heterocycles. The van der Waals surface area contributed by atoms with Gasteiger partial charge in [0.15, 0.2) is 17.6 Å². The van der Waals surface area contributed by atoms with Crippen molar-refractivity contribution >= 4 is 23.7 Å². The Morgan fingerprint density at radius 1 is 0.893 bits per heavy atom. The van der Waals surface area contributed by atoms with Gasteiger partial charge in [-0.25, -0.2) is 5.43 Å². The van der Waals surface area contributed by atoms with E-state index in [4.69, 9.17) is 21.1 Å². The molecule has 0 fully saturated rings. The first-order valence-electron chi connectivity index (χ1n) is 8.76. The topological polar surface area (TPSA) is 59.9 Å². The molecular weight excluding hydrogens is 376 g/mol. The lowest BCUT2D eigenvalue weighted by atomic mass is 10.0. The summed E-state index contributed by atoms with van der Waals surface area (Å²) in [6, 6.07) is 23.9. The predicted octanol–water partition coefficient (Wildman–Crippen LogP) is 4.37. The van der Waals surface area contributed by atoms with E-state index in [9.17, 15) is 4.79 Å². The van der Waals surface area contributed by atoms with Gasteiger partial charge in [0.2, 0.25) is 6.10 Å². The first-order chi connectivity index (χ1) is 13.7. The van der Waals surface area contributed by atoms with Crippen molar-refractivity contribution in [2.24, 2.45) is 5.10 Å². The second-order valence-corrected chi connectivity index (χ2v) is 6.66. The zero-order chi connectivity index (χ0) is 19.3. The number of carbonyl (C=O) groups excluding carboxylic acids is 1. The molecule has 140 valence electrons. The standard InChI is InChI=1S/C22H17ClN2O3/c23-17-12-10-15(11-13-17)14-24-25-22(26)21-20(16-6-2-1-3-7-16)27-18-8-4-5-9-19(18)28-21/h1-14,20-21H,(H,25,26). The highest BCUT2D eigenvalue weighted by atomic mass is 35.5. The summed E-state index contributed by atoms with van der Waals surface area (Å²) in [5.74, 6) is 0.732. The lowest BCUT2D eigenvalue weighted by Gasteiger charge is -2.32. The van der Waals surface area contributed by atoms with Gasteiger partial charge in [0.05, 0.1) is 6.21 Å². The third kappa shape index (κ3) is 4.00. The fraction of sp³-hybridized carbons (Fsp3) is 0.0909. The number of benzene rings is 3. The molecule has 1 aliphatic heterocycles. The molecular formula is C22H17ClN2O3. The number of hydrazone groups is 1. The quantitative estimate of drug-likeness (QED) is 0.529. The van der Waals surface area contributed by atoms with Crippen LogP contribution in [-0.4, -0.2) is 18.2 Å². The van der Waals surface area contributed by atoms with E-state index >= 15 is 0 Å². The summed E-state index contributed by atoms with van der Waals surface area (Å²) in [5, 5.41) is 4.66.